The standard InChI is InChI=1S/C33H24/c1-21-16-18-31-28(19-21)27-17-15-22(2)20-32(27)33(31)29-13-7-5-11-25(29)23-9-3-4-10-24(23)26-12-6-8-14-30(26)33/h3-20H,1-2H3. The molecule has 5 aromatic rings. The van der Waals surface area contributed by atoms with Crippen molar-refractivity contribution in [1.82, 2.24) is 0 Å². The average molecular weight is 421 g/mol. The fraction of sp³-hybridized carbons (Fsp3) is 0.0909. The summed E-state index contributed by atoms with van der Waals surface area (Å²) in [4.78, 5) is 0. The second kappa shape index (κ2) is 6.56. The van der Waals surface area contributed by atoms with E-state index >= 15 is 0 Å². The third kappa shape index (κ3) is 2.31. The molecule has 33 heavy (non-hydrogen) atoms. The van der Waals surface area contributed by atoms with E-state index in [1.807, 2.05) is 0 Å². The summed E-state index contributed by atoms with van der Waals surface area (Å²) in [5.74, 6) is 0. The van der Waals surface area contributed by atoms with E-state index in [4.69, 9.17) is 0 Å². The molecule has 0 nitrogen and oxygen atoms in total. The third-order valence-corrected chi connectivity index (χ3v) is 7.62. The maximum absolute atomic E-state index is 2.42. The Kier molecular flexibility index (Phi) is 3.71. The molecule has 0 heteroatoms. The van der Waals surface area contributed by atoms with Gasteiger partial charge >= 0.3 is 0 Å². The molecule has 156 valence electrons. The molecule has 1 spiro atoms. The summed E-state index contributed by atoms with van der Waals surface area (Å²) < 4.78 is 0. The van der Waals surface area contributed by atoms with Crippen LogP contribution in [0.25, 0.3) is 33.4 Å². The van der Waals surface area contributed by atoms with Crippen molar-refractivity contribution in [3.8, 4) is 33.4 Å². The van der Waals surface area contributed by atoms with E-state index in [-0.39, 0.29) is 5.41 Å². The topological polar surface area (TPSA) is 0 Å². The Morgan fingerprint density at radius 2 is 0.818 bits per heavy atom. The van der Waals surface area contributed by atoms with Crippen LogP contribution in [0.4, 0.5) is 0 Å². The number of fused-ring (bicyclic) bond motifs is 12. The van der Waals surface area contributed by atoms with Crippen LogP contribution >= 0.6 is 0 Å². The highest BCUT2D eigenvalue weighted by Gasteiger charge is 2.49. The predicted octanol–water partition coefficient (Wildman–Crippen LogP) is 8.31. The van der Waals surface area contributed by atoms with Crippen molar-refractivity contribution in [2.75, 3.05) is 0 Å². The zero-order chi connectivity index (χ0) is 22.2. The van der Waals surface area contributed by atoms with Gasteiger partial charge in [0.25, 0.3) is 0 Å². The van der Waals surface area contributed by atoms with Gasteiger partial charge in [-0.05, 0) is 69.5 Å². The molecule has 7 rings (SSSR count). The number of hydrogen-bond acceptors (Lipinski definition) is 0. The number of hydrogen-bond donors (Lipinski definition) is 0. The second-order valence-corrected chi connectivity index (χ2v) is 9.48. The molecule has 2 aliphatic rings. The van der Waals surface area contributed by atoms with Gasteiger partial charge in [0.05, 0.1) is 5.41 Å². The molecule has 5 aromatic carbocycles. The molecule has 0 aromatic heterocycles. The zero-order valence-electron chi connectivity index (χ0n) is 18.9. The van der Waals surface area contributed by atoms with Crippen LogP contribution in [0, 0.1) is 13.8 Å². The Balaban J connectivity index is 1.77. The number of rotatable bonds is 0. The molecular formula is C33H24. The van der Waals surface area contributed by atoms with E-state index in [0.717, 1.165) is 0 Å². The van der Waals surface area contributed by atoms with Gasteiger partial charge in [0.15, 0.2) is 0 Å². The molecule has 0 radical (unpaired) electrons. The Morgan fingerprint density at radius 3 is 1.45 bits per heavy atom. The van der Waals surface area contributed by atoms with E-state index in [9.17, 15) is 0 Å². The normalized spacial score (nSPS) is 14.0. The van der Waals surface area contributed by atoms with Gasteiger partial charge < -0.3 is 0 Å². The molecule has 2 aliphatic carbocycles. The highest BCUT2D eigenvalue weighted by Crippen LogP contribution is 2.61. The van der Waals surface area contributed by atoms with E-state index in [1.165, 1.54) is 66.8 Å². The minimum atomic E-state index is -0.351. The van der Waals surface area contributed by atoms with Crippen LogP contribution in [0.5, 0.6) is 0 Å². The summed E-state index contributed by atoms with van der Waals surface area (Å²) in [6.07, 6.45) is 0. The first-order valence-corrected chi connectivity index (χ1v) is 11.7. The van der Waals surface area contributed by atoms with Crippen molar-refractivity contribution < 1.29 is 0 Å². The lowest BCUT2D eigenvalue weighted by atomic mass is 9.65. The molecule has 0 unspecified atom stereocenters. The van der Waals surface area contributed by atoms with Gasteiger partial charge in [0.2, 0.25) is 0 Å². The SMILES string of the molecule is Cc1ccc2c(c1)-c1ccc(C)cc1C21c2ccccc2-c2ccccc2-c2ccccc21. The first-order chi connectivity index (χ1) is 16.2. The van der Waals surface area contributed by atoms with Crippen LogP contribution in [-0.2, 0) is 5.41 Å². The summed E-state index contributed by atoms with van der Waals surface area (Å²) in [5, 5.41) is 0. The molecule has 0 N–H and O–H groups in total. The Bertz CT molecular complexity index is 1520. The summed E-state index contributed by atoms with van der Waals surface area (Å²) in [6.45, 7) is 4.41. The van der Waals surface area contributed by atoms with Crippen LogP contribution < -0.4 is 0 Å². The largest absolute Gasteiger partial charge is 0.0725 e. The lowest BCUT2D eigenvalue weighted by molar-refractivity contribution is 0.774. The lowest BCUT2D eigenvalue weighted by Gasteiger charge is -2.35. The van der Waals surface area contributed by atoms with Crippen molar-refractivity contribution in [1.29, 1.82) is 0 Å². The van der Waals surface area contributed by atoms with Crippen LogP contribution in [0.3, 0.4) is 0 Å². The quantitative estimate of drug-likeness (QED) is 0.231. The van der Waals surface area contributed by atoms with E-state index < -0.39 is 0 Å². The van der Waals surface area contributed by atoms with Crippen LogP contribution in [-0.4, -0.2) is 0 Å². The number of aryl methyl sites for hydroxylation is 2. The van der Waals surface area contributed by atoms with Crippen LogP contribution in [0.15, 0.2) is 109 Å². The van der Waals surface area contributed by atoms with E-state index in [0.29, 0.717) is 0 Å². The highest BCUT2D eigenvalue weighted by atomic mass is 14.5. The van der Waals surface area contributed by atoms with Crippen molar-refractivity contribution in [3.05, 3.63) is 143 Å². The van der Waals surface area contributed by atoms with Gasteiger partial charge in [-0.1, -0.05) is 120 Å². The third-order valence-electron chi connectivity index (χ3n) is 7.62. The summed E-state index contributed by atoms with van der Waals surface area (Å²) in [6, 6.07) is 41.1. The maximum atomic E-state index is 2.42. The second-order valence-electron chi connectivity index (χ2n) is 9.48. The van der Waals surface area contributed by atoms with Crippen molar-refractivity contribution >= 4 is 0 Å². The van der Waals surface area contributed by atoms with Gasteiger partial charge in [-0.25, -0.2) is 0 Å². The molecule has 0 saturated heterocycles. The summed E-state index contributed by atoms with van der Waals surface area (Å²) in [5.41, 5.74) is 15.8. The molecule has 0 bridgehead atoms. The van der Waals surface area contributed by atoms with Crippen LogP contribution in [0.1, 0.15) is 33.4 Å². The van der Waals surface area contributed by atoms with Crippen molar-refractivity contribution in [3.63, 3.8) is 0 Å². The van der Waals surface area contributed by atoms with Gasteiger partial charge in [0.1, 0.15) is 0 Å². The van der Waals surface area contributed by atoms with E-state index in [2.05, 4.69) is 123 Å². The van der Waals surface area contributed by atoms with Crippen molar-refractivity contribution in [2.24, 2.45) is 0 Å². The molecule has 0 atom stereocenters. The molecule has 0 heterocycles. The Hall–Kier alpha value is -3.90. The Morgan fingerprint density at radius 1 is 0.364 bits per heavy atom. The Labute approximate surface area is 195 Å². The molecule has 0 fully saturated rings. The first kappa shape index (κ1) is 18.7. The van der Waals surface area contributed by atoms with Gasteiger partial charge in [0, 0.05) is 0 Å². The van der Waals surface area contributed by atoms with Gasteiger partial charge in [-0.15, -0.1) is 0 Å². The maximum Gasteiger partial charge on any atom is 0.0725 e. The smallest absolute Gasteiger partial charge is 0.0619 e. The summed E-state index contributed by atoms with van der Waals surface area (Å²) >= 11 is 0. The average Bonchev–Trinajstić information content (AvgIpc) is 3.07. The summed E-state index contributed by atoms with van der Waals surface area (Å²) in [7, 11) is 0. The molecule has 0 saturated carbocycles. The van der Waals surface area contributed by atoms with Gasteiger partial charge in [-0.3, -0.25) is 0 Å². The molecule has 0 amide bonds. The van der Waals surface area contributed by atoms with Crippen molar-refractivity contribution in [2.45, 2.75) is 19.3 Å². The molecule has 0 aliphatic heterocycles. The van der Waals surface area contributed by atoms with Crippen LogP contribution in [0.2, 0.25) is 0 Å². The monoisotopic (exact) mass is 420 g/mol. The predicted molar refractivity (Wildman–Crippen MR) is 138 cm³/mol. The fourth-order valence-corrected chi connectivity index (χ4v) is 6.32. The minimum Gasteiger partial charge on any atom is -0.0619 e. The zero-order valence-corrected chi connectivity index (χ0v) is 18.9. The highest BCUT2D eigenvalue weighted by molar-refractivity contribution is 5.97. The van der Waals surface area contributed by atoms with E-state index in [1.54, 1.807) is 0 Å². The minimum absolute atomic E-state index is 0.351. The van der Waals surface area contributed by atoms with Gasteiger partial charge in [-0.2, -0.15) is 0 Å². The molecular weight excluding hydrogens is 396 g/mol. The first-order valence-electron chi connectivity index (χ1n) is 11.7. The lowest BCUT2D eigenvalue weighted by Crippen LogP contribution is -2.29. The number of benzene rings is 5. The fourth-order valence-electron chi connectivity index (χ4n) is 6.32.